The third kappa shape index (κ3) is 4.47. The lowest BCUT2D eigenvalue weighted by Crippen LogP contribution is -2.46. The van der Waals surface area contributed by atoms with Crippen LogP contribution in [0.5, 0.6) is 5.75 Å². The number of nitrogens with one attached hydrogen (secondary N) is 1. The Kier molecular flexibility index (Phi) is 5.31. The monoisotopic (exact) mass is 328 g/mol. The highest BCUT2D eigenvalue weighted by molar-refractivity contribution is 5.78. The number of hydrogen-bond acceptors (Lipinski definition) is 3. The van der Waals surface area contributed by atoms with Crippen LogP contribution in [0.2, 0.25) is 0 Å². The van der Waals surface area contributed by atoms with Gasteiger partial charge in [-0.05, 0) is 49.2 Å². The molecule has 3 rings (SSSR count). The number of ether oxygens (including phenoxy) is 1. The Balaban J connectivity index is 1.51. The molecular formula is C19H21FN2O2. The van der Waals surface area contributed by atoms with Gasteiger partial charge in [0.1, 0.15) is 11.6 Å². The Morgan fingerprint density at radius 2 is 1.92 bits per heavy atom. The van der Waals surface area contributed by atoms with Gasteiger partial charge < -0.3 is 15.0 Å². The second kappa shape index (κ2) is 7.81. The number of para-hydroxylation sites is 1. The quantitative estimate of drug-likeness (QED) is 0.915. The molecule has 0 aromatic heterocycles. The number of nitrogens with zero attached hydrogens (tertiary/aromatic N) is 1. The normalized spacial score (nSPS) is 17.4. The number of likely N-dealkylation sites (tertiary alicyclic amines) is 1. The van der Waals surface area contributed by atoms with Gasteiger partial charge in [0, 0.05) is 24.8 Å². The van der Waals surface area contributed by atoms with Crippen molar-refractivity contribution in [2.45, 2.75) is 18.9 Å². The highest BCUT2D eigenvalue weighted by atomic mass is 19.1. The van der Waals surface area contributed by atoms with Crippen LogP contribution >= 0.6 is 0 Å². The molecule has 1 unspecified atom stereocenters. The van der Waals surface area contributed by atoms with E-state index in [1.807, 2.05) is 35.2 Å². The van der Waals surface area contributed by atoms with Crippen LogP contribution in [0.3, 0.4) is 0 Å². The number of carbonyl (C=O) groups is 1. The molecule has 0 spiro atoms. The molecule has 1 saturated heterocycles. The van der Waals surface area contributed by atoms with Crippen molar-refractivity contribution in [3.05, 3.63) is 60.4 Å². The van der Waals surface area contributed by atoms with Gasteiger partial charge in [-0.3, -0.25) is 4.79 Å². The van der Waals surface area contributed by atoms with Crippen molar-refractivity contribution in [3.63, 3.8) is 0 Å². The first-order valence-corrected chi connectivity index (χ1v) is 8.18. The van der Waals surface area contributed by atoms with Gasteiger partial charge in [-0.1, -0.05) is 18.2 Å². The van der Waals surface area contributed by atoms with E-state index < -0.39 is 0 Å². The largest absolute Gasteiger partial charge is 0.484 e. The summed E-state index contributed by atoms with van der Waals surface area (Å²) in [6.07, 6.45) is 1.93. The Bertz CT molecular complexity index is 661. The van der Waals surface area contributed by atoms with Gasteiger partial charge in [0.15, 0.2) is 6.61 Å². The molecule has 1 heterocycles. The van der Waals surface area contributed by atoms with Crippen molar-refractivity contribution >= 4 is 11.6 Å². The molecule has 126 valence electrons. The summed E-state index contributed by atoms with van der Waals surface area (Å²) in [6, 6.07) is 15.8. The summed E-state index contributed by atoms with van der Waals surface area (Å²) in [7, 11) is 0. The summed E-state index contributed by atoms with van der Waals surface area (Å²) >= 11 is 0. The molecule has 1 N–H and O–H groups in total. The SMILES string of the molecule is O=C(COc1ccccc1)N1CCCC(Nc2ccc(F)cc2)C1. The van der Waals surface area contributed by atoms with Crippen LogP contribution in [0.4, 0.5) is 10.1 Å². The van der Waals surface area contributed by atoms with Crippen LogP contribution < -0.4 is 10.1 Å². The van der Waals surface area contributed by atoms with E-state index in [1.54, 1.807) is 12.1 Å². The number of piperidine rings is 1. The van der Waals surface area contributed by atoms with Crippen molar-refractivity contribution in [1.82, 2.24) is 4.90 Å². The molecule has 1 aliphatic rings. The number of halogens is 1. The zero-order valence-electron chi connectivity index (χ0n) is 13.5. The lowest BCUT2D eigenvalue weighted by Gasteiger charge is -2.33. The Hall–Kier alpha value is -2.56. The minimum Gasteiger partial charge on any atom is -0.484 e. The number of amides is 1. The maximum atomic E-state index is 13.0. The summed E-state index contributed by atoms with van der Waals surface area (Å²) in [4.78, 5) is 14.2. The highest BCUT2D eigenvalue weighted by Crippen LogP contribution is 2.17. The van der Waals surface area contributed by atoms with Gasteiger partial charge in [0.2, 0.25) is 0 Å². The third-order valence-corrected chi connectivity index (χ3v) is 4.09. The first-order valence-electron chi connectivity index (χ1n) is 8.18. The van der Waals surface area contributed by atoms with Gasteiger partial charge in [-0.15, -0.1) is 0 Å². The summed E-state index contributed by atoms with van der Waals surface area (Å²) in [5.74, 6) is 0.437. The maximum absolute atomic E-state index is 13.0. The summed E-state index contributed by atoms with van der Waals surface area (Å²) in [5, 5.41) is 3.37. The minimum atomic E-state index is -0.251. The van der Waals surface area contributed by atoms with E-state index in [1.165, 1.54) is 12.1 Å². The third-order valence-electron chi connectivity index (χ3n) is 4.09. The molecule has 2 aromatic carbocycles. The molecule has 1 aliphatic heterocycles. The van der Waals surface area contributed by atoms with E-state index in [0.717, 1.165) is 25.1 Å². The molecule has 5 heteroatoms. The van der Waals surface area contributed by atoms with E-state index in [9.17, 15) is 9.18 Å². The number of carbonyl (C=O) groups excluding carboxylic acids is 1. The molecule has 0 aliphatic carbocycles. The van der Waals surface area contributed by atoms with Crippen molar-refractivity contribution in [1.29, 1.82) is 0 Å². The van der Waals surface area contributed by atoms with Gasteiger partial charge in [0.25, 0.3) is 5.91 Å². The first-order chi connectivity index (χ1) is 11.7. The van der Waals surface area contributed by atoms with E-state index in [-0.39, 0.29) is 24.4 Å². The Morgan fingerprint density at radius 3 is 2.67 bits per heavy atom. The predicted molar refractivity (Wildman–Crippen MR) is 91.6 cm³/mol. The summed E-state index contributed by atoms with van der Waals surface area (Å²) < 4.78 is 18.5. The molecule has 2 aromatic rings. The molecule has 1 atom stereocenters. The Morgan fingerprint density at radius 1 is 1.17 bits per heavy atom. The van der Waals surface area contributed by atoms with Crippen LogP contribution in [-0.2, 0) is 4.79 Å². The zero-order chi connectivity index (χ0) is 16.8. The second-order valence-corrected chi connectivity index (χ2v) is 5.93. The average molecular weight is 328 g/mol. The smallest absolute Gasteiger partial charge is 0.260 e. The fourth-order valence-corrected chi connectivity index (χ4v) is 2.86. The Labute approximate surface area is 141 Å². The number of rotatable bonds is 5. The average Bonchev–Trinajstić information content (AvgIpc) is 2.63. The number of hydrogen-bond donors (Lipinski definition) is 1. The van der Waals surface area contributed by atoms with Crippen LogP contribution in [0.15, 0.2) is 54.6 Å². The van der Waals surface area contributed by atoms with Crippen molar-refractivity contribution in [3.8, 4) is 5.75 Å². The van der Waals surface area contributed by atoms with Gasteiger partial charge in [-0.2, -0.15) is 0 Å². The van der Waals surface area contributed by atoms with Crippen LogP contribution in [-0.4, -0.2) is 36.5 Å². The molecule has 1 amide bonds. The number of benzene rings is 2. The lowest BCUT2D eigenvalue weighted by molar-refractivity contribution is -0.134. The van der Waals surface area contributed by atoms with Gasteiger partial charge >= 0.3 is 0 Å². The van der Waals surface area contributed by atoms with E-state index in [2.05, 4.69) is 5.32 Å². The number of anilines is 1. The molecule has 24 heavy (non-hydrogen) atoms. The van der Waals surface area contributed by atoms with Gasteiger partial charge in [0.05, 0.1) is 0 Å². The van der Waals surface area contributed by atoms with Crippen LogP contribution in [0.25, 0.3) is 0 Å². The highest BCUT2D eigenvalue weighted by Gasteiger charge is 2.23. The molecule has 0 saturated carbocycles. The van der Waals surface area contributed by atoms with E-state index in [4.69, 9.17) is 4.74 Å². The topological polar surface area (TPSA) is 41.6 Å². The molecule has 1 fully saturated rings. The molecule has 4 nitrogen and oxygen atoms in total. The van der Waals surface area contributed by atoms with Crippen LogP contribution in [0, 0.1) is 5.82 Å². The summed E-state index contributed by atoms with van der Waals surface area (Å²) in [6.45, 7) is 1.43. The van der Waals surface area contributed by atoms with Crippen LogP contribution in [0.1, 0.15) is 12.8 Å². The molecular weight excluding hydrogens is 307 g/mol. The predicted octanol–water partition coefficient (Wildman–Crippen LogP) is 3.31. The van der Waals surface area contributed by atoms with Crippen molar-refractivity contribution in [2.24, 2.45) is 0 Å². The molecule has 0 bridgehead atoms. The van der Waals surface area contributed by atoms with Crippen molar-refractivity contribution < 1.29 is 13.9 Å². The maximum Gasteiger partial charge on any atom is 0.260 e. The lowest BCUT2D eigenvalue weighted by atomic mass is 10.1. The fraction of sp³-hybridized carbons (Fsp3) is 0.316. The fourth-order valence-electron chi connectivity index (χ4n) is 2.86. The summed E-state index contributed by atoms with van der Waals surface area (Å²) in [5.41, 5.74) is 0.872. The standard InChI is InChI=1S/C19H21FN2O2/c20-15-8-10-16(11-9-15)21-17-5-4-12-22(13-17)19(23)14-24-18-6-2-1-3-7-18/h1-3,6-11,17,21H,4-5,12-14H2. The van der Waals surface area contributed by atoms with Crippen molar-refractivity contribution in [2.75, 3.05) is 25.0 Å². The second-order valence-electron chi connectivity index (χ2n) is 5.93. The minimum absolute atomic E-state index is 0.00976. The molecule has 0 radical (unpaired) electrons. The van der Waals surface area contributed by atoms with E-state index in [0.29, 0.717) is 12.3 Å². The zero-order valence-corrected chi connectivity index (χ0v) is 13.5. The van der Waals surface area contributed by atoms with E-state index >= 15 is 0 Å². The van der Waals surface area contributed by atoms with Gasteiger partial charge in [-0.25, -0.2) is 4.39 Å². The first kappa shape index (κ1) is 16.3.